The molecule has 0 radical (unpaired) electrons. The number of rotatable bonds is 4. The molecule has 1 aromatic carbocycles. The van der Waals surface area contributed by atoms with Crippen molar-refractivity contribution in [2.24, 2.45) is 0 Å². The molecule has 1 fully saturated rings. The first-order chi connectivity index (χ1) is 9.36. The highest BCUT2D eigenvalue weighted by Gasteiger charge is 2.17. The lowest BCUT2D eigenvalue weighted by atomic mass is 10.0. The minimum absolute atomic E-state index is 0.581. The lowest BCUT2D eigenvalue weighted by Crippen LogP contribution is -2.24. The maximum Gasteiger partial charge on any atom is 0.118 e. The number of nitrogens with one attached hydrogen (secondary N) is 2. The van der Waals surface area contributed by atoms with Crippen LogP contribution in [0.5, 0.6) is 5.75 Å². The van der Waals surface area contributed by atoms with Crippen molar-refractivity contribution in [1.29, 1.82) is 0 Å². The Hall–Kier alpha value is -1.81. The van der Waals surface area contributed by atoms with Gasteiger partial charge in [-0.3, -0.25) is 5.10 Å². The van der Waals surface area contributed by atoms with Crippen LogP contribution in [-0.4, -0.2) is 29.9 Å². The first kappa shape index (κ1) is 12.2. The van der Waals surface area contributed by atoms with Gasteiger partial charge < -0.3 is 10.1 Å². The van der Waals surface area contributed by atoms with Crippen molar-refractivity contribution >= 4 is 0 Å². The zero-order valence-electron chi connectivity index (χ0n) is 11.1. The molecule has 1 aliphatic rings. The maximum absolute atomic E-state index is 5.19. The molecule has 1 atom stereocenters. The van der Waals surface area contributed by atoms with Crippen molar-refractivity contribution in [1.82, 2.24) is 15.5 Å². The molecule has 0 amide bonds. The van der Waals surface area contributed by atoms with Gasteiger partial charge in [0.1, 0.15) is 5.75 Å². The predicted octanol–water partition coefficient (Wildman–Crippen LogP) is 2.38. The molecule has 1 saturated heterocycles. The molecule has 4 heteroatoms. The van der Waals surface area contributed by atoms with Crippen LogP contribution in [0.15, 0.2) is 30.5 Å². The van der Waals surface area contributed by atoms with Gasteiger partial charge in [-0.1, -0.05) is 12.1 Å². The van der Waals surface area contributed by atoms with Crippen LogP contribution in [-0.2, 0) is 6.42 Å². The third-order valence-electron chi connectivity index (χ3n) is 3.73. The minimum Gasteiger partial charge on any atom is -0.497 e. The number of benzene rings is 1. The molecule has 1 unspecified atom stereocenters. The maximum atomic E-state index is 5.19. The average Bonchev–Trinajstić information content (AvgIpc) is 3.11. The number of methoxy groups -OCH3 is 1. The zero-order valence-corrected chi connectivity index (χ0v) is 11.1. The highest BCUT2D eigenvalue weighted by Crippen LogP contribution is 2.26. The number of hydrogen-bond acceptors (Lipinski definition) is 3. The summed E-state index contributed by atoms with van der Waals surface area (Å²) in [6.45, 7) is 1.14. The molecule has 0 spiro atoms. The van der Waals surface area contributed by atoms with E-state index in [2.05, 4.69) is 27.6 Å². The first-order valence-corrected chi connectivity index (χ1v) is 6.77. The SMILES string of the molecule is COc1ccc(-c2cn[nH]c2CC2CCCN2)cc1. The molecule has 19 heavy (non-hydrogen) atoms. The summed E-state index contributed by atoms with van der Waals surface area (Å²) in [4.78, 5) is 0. The summed E-state index contributed by atoms with van der Waals surface area (Å²) in [6.07, 6.45) is 5.45. The van der Waals surface area contributed by atoms with Gasteiger partial charge in [-0.2, -0.15) is 5.10 Å². The highest BCUT2D eigenvalue weighted by atomic mass is 16.5. The number of nitrogens with zero attached hydrogens (tertiary/aromatic N) is 1. The summed E-state index contributed by atoms with van der Waals surface area (Å²) in [6, 6.07) is 8.71. The van der Waals surface area contributed by atoms with Gasteiger partial charge in [0.05, 0.1) is 13.3 Å². The van der Waals surface area contributed by atoms with Crippen molar-refractivity contribution in [3.8, 4) is 16.9 Å². The third-order valence-corrected chi connectivity index (χ3v) is 3.73. The van der Waals surface area contributed by atoms with Crippen molar-refractivity contribution in [2.75, 3.05) is 13.7 Å². The Balaban J connectivity index is 1.81. The van der Waals surface area contributed by atoms with Gasteiger partial charge in [-0.25, -0.2) is 0 Å². The third kappa shape index (κ3) is 2.63. The number of H-pyrrole nitrogens is 1. The summed E-state index contributed by atoms with van der Waals surface area (Å²) < 4.78 is 5.19. The monoisotopic (exact) mass is 257 g/mol. The van der Waals surface area contributed by atoms with E-state index in [0.29, 0.717) is 6.04 Å². The normalized spacial score (nSPS) is 18.7. The number of aromatic amines is 1. The molecule has 100 valence electrons. The standard InChI is InChI=1S/C15H19N3O/c1-19-13-6-4-11(5-7-13)14-10-17-18-15(14)9-12-3-2-8-16-12/h4-7,10,12,16H,2-3,8-9H2,1H3,(H,17,18). The Bertz CT molecular complexity index is 527. The van der Waals surface area contributed by atoms with E-state index in [1.807, 2.05) is 18.3 Å². The van der Waals surface area contributed by atoms with E-state index in [4.69, 9.17) is 4.74 Å². The Morgan fingerprint density at radius 3 is 2.84 bits per heavy atom. The van der Waals surface area contributed by atoms with Crippen LogP contribution in [0, 0.1) is 0 Å². The van der Waals surface area contributed by atoms with E-state index in [-0.39, 0.29) is 0 Å². The summed E-state index contributed by atoms with van der Waals surface area (Å²) in [5.41, 5.74) is 3.59. The number of aromatic nitrogens is 2. The van der Waals surface area contributed by atoms with Gasteiger partial charge in [0.15, 0.2) is 0 Å². The lowest BCUT2D eigenvalue weighted by molar-refractivity contribution is 0.415. The molecular formula is C15H19N3O. The van der Waals surface area contributed by atoms with Crippen LogP contribution in [0.4, 0.5) is 0 Å². The minimum atomic E-state index is 0.581. The molecule has 2 heterocycles. The molecule has 4 nitrogen and oxygen atoms in total. The molecule has 0 aliphatic carbocycles. The van der Waals surface area contributed by atoms with Gasteiger partial charge >= 0.3 is 0 Å². The van der Waals surface area contributed by atoms with Gasteiger partial charge in [0.2, 0.25) is 0 Å². The largest absolute Gasteiger partial charge is 0.497 e. The smallest absolute Gasteiger partial charge is 0.118 e. The van der Waals surface area contributed by atoms with E-state index >= 15 is 0 Å². The molecule has 1 aromatic heterocycles. The van der Waals surface area contributed by atoms with Crippen LogP contribution in [0.3, 0.4) is 0 Å². The molecule has 1 aliphatic heterocycles. The quantitative estimate of drug-likeness (QED) is 0.884. The predicted molar refractivity (Wildman–Crippen MR) is 75.3 cm³/mol. The molecule has 2 N–H and O–H groups in total. The second-order valence-corrected chi connectivity index (χ2v) is 4.99. The lowest BCUT2D eigenvalue weighted by Gasteiger charge is -2.10. The zero-order chi connectivity index (χ0) is 13.1. The molecule has 3 rings (SSSR count). The van der Waals surface area contributed by atoms with Crippen LogP contribution in [0.25, 0.3) is 11.1 Å². The van der Waals surface area contributed by atoms with E-state index < -0.39 is 0 Å². The number of hydrogen-bond donors (Lipinski definition) is 2. The fourth-order valence-electron chi connectivity index (χ4n) is 2.67. The van der Waals surface area contributed by atoms with Crippen molar-refractivity contribution < 1.29 is 4.74 Å². The van der Waals surface area contributed by atoms with Gasteiger partial charge in [-0.05, 0) is 37.1 Å². The van der Waals surface area contributed by atoms with Crippen LogP contribution >= 0.6 is 0 Å². The summed E-state index contributed by atoms with van der Waals surface area (Å²) in [7, 11) is 1.68. The fraction of sp³-hybridized carbons (Fsp3) is 0.400. The average molecular weight is 257 g/mol. The van der Waals surface area contributed by atoms with Crippen molar-refractivity contribution in [2.45, 2.75) is 25.3 Å². The summed E-state index contributed by atoms with van der Waals surface area (Å²) in [5, 5.41) is 10.9. The van der Waals surface area contributed by atoms with Crippen LogP contribution in [0.1, 0.15) is 18.5 Å². The fourth-order valence-corrected chi connectivity index (χ4v) is 2.67. The second-order valence-electron chi connectivity index (χ2n) is 4.99. The van der Waals surface area contributed by atoms with Gasteiger partial charge in [-0.15, -0.1) is 0 Å². The Morgan fingerprint density at radius 1 is 1.32 bits per heavy atom. The molecule has 0 bridgehead atoms. The van der Waals surface area contributed by atoms with Gasteiger partial charge in [0, 0.05) is 23.7 Å². The Morgan fingerprint density at radius 2 is 2.16 bits per heavy atom. The van der Waals surface area contributed by atoms with E-state index in [1.54, 1.807) is 7.11 Å². The second kappa shape index (κ2) is 5.45. The summed E-state index contributed by atoms with van der Waals surface area (Å²) >= 11 is 0. The molecular weight excluding hydrogens is 238 g/mol. The van der Waals surface area contributed by atoms with E-state index in [0.717, 1.165) is 18.7 Å². The highest BCUT2D eigenvalue weighted by molar-refractivity contribution is 5.66. The molecule has 0 saturated carbocycles. The number of ether oxygens (including phenoxy) is 1. The Kier molecular flexibility index (Phi) is 3.51. The van der Waals surface area contributed by atoms with Gasteiger partial charge in [0.25, 0.3) is 0 Å². The topological polar surface area (TPSA) is 49.9 Å². The van der Waals surface area contributed by atoms with E-state index in [9.17, 15) is 0 Å². The van der Waals surface area contributed by atoms with Crippen LogP contribution in [0.2, 0.25) is 0 Å². The van der Waals surface area contributed by atoms with Crippen LogP contribution < -0.4 is 10.1 Å². The van der Waals surface area contributed by atoms with Crippen molar-refractivity contribution in [3.63, 3.8) is 0 Å². The van der Waals surface area contributed by atoms with Crippen molar-refractivity contribution in [3.05, 3.63) is 36.2 Å². The summed E-state index contributed by atoms with van der Waals surface area (Å²) in [5.74, 6) is 0.881. The van der Waals surface area contributed by atoms with E-state index in [1.165, 1.54) is 29.7 Å². The first-order valence-electron chi connectivity index (χ1n) is 6.77. The Labute approximate surface area is 113 Å². The molecule has 2 aromatic rings.